The summed E-state index contributed by atoms with van der Waals surface area (Å²) in [6.45, 7) is 8.15. The van der Waals surface area contributed by atoms with Gasteiger partial charge in [0.05, 0.1) is 0 Å². The van der Waals surface area contributed by atoms with Gasteiger partial charge in [-0.05, 0) is 42.4 Å². The van der Waals surface area contributed by atoms with E-state index in [9.17, 15) is 4.39 Å². The average Bonchev–Trinajstić information content (AvgIpc) is 2.27. The number of benzene rings is 1. The molecular formula is C15H21F. The van der Waals surface area contributed by atoms with E-state index in [0.717, 1.165) is 31.2 Å². The lowest BCUT2D eigenvalue weighted by molar-refractivity contribution is 0.397. The van der Waals surface area contributed by atoms with Gasteiger partial charge in [-0.1, -0.05) is 38.5 Å². The second-order valence-electron chi connectivity index (χ2n) is 4.65. The average molecular weight is 220 g/mol. The smallest absolute Gasteiger partial charge is 0.123 e. The Bertz CT molecular complexity index is 343. The van der Waals surface area contributed by atoms with Crippen molar-refractivity contribution in [1.29, 1.82) is 0 Å². The third-order valence-corrected chi connectivity index (χ3v) is 3.22. The Morgan fingerprint density at radius 3 is 2.69 bits per heavy atom. The Hall–Kier alpha value is -1.11. The molecule has 0 nitrogen and oxygen atoms in total. The molecular weight excluding hydrogens is 199 g/mol. The van der Waals surface area contributed by atoms with Crippen LogP contribution in [0, 0.1) is 5.82 Å². The van der Waals surface area contributed by atoms with E-state index < -0.39 is 0 Å². The summed E-state index contributed by atoms with van der Waals surface area (Å²) >= 11 is 0. The van der Waals surface area contributed by atoms with Crippen LogP contribution in [0.3, 0.4) is 0 Å². The van der Waals surface area contributed by atoms with Crippen LogP contribution in [-0.2, 0) is 5.41 Å². The molecule has 0 aliphatic carbocycles. The molecule has 0 bridgehead atoms. The highest BCUT2D eigenvalue weighted by Crippen LogP contribution is 2.34. The van der Waals surface area contributed by atoms with Gasteiger partial charge in [0.15, 0.2) is 0 Å². The van der Waals surface area contributed by atoms with Gasteiger partial charge in [-0.3, -0.25) is 0 Å². The maximum Gasteiger partial charge on any atom is 0.123 e. The molecule has 88 valence electrons. The van der Waals surface area contributed by atoms with Crippen molar-refractivity contribution >= 4 is 0 Å². The number of allylic oxidation sites excluding steroid dienone is 1. The SMILES string of the molecule is C=CCCC(C)(CCC)c1cccc(F)c1. The summed E-state index contributed by atoms with van der Waals surface area (Å²) in [6.07, 6.45) is 6.16. The fourth-order valence-corrected chi connectivity index (χ4v) is 2.25. The molecule has 16 heavy (non-hydrogen) atoms. The van der Waals surface area contributed by atoms with E-state index in [0.29, 0.717) is 0 Å². The van der Waals surface area contributed by atoms with Crippen molar-refractivity contribution in [3.05, 3.63) is 48.3 Å². The summed E-state index contributed by atoms with van der Waals surface area (Å²) in [5.74, 6) is -0.140. The van der Waals surface area contributed by atoms with Gasteiger partial charge in [0, 0.05) is 0 Å². The number of rotatable bonds is 6. The summed E-state index contributed by atoms with van der Waals surface area (Å²) < 4.78 is 13.2. The van der Waals surface area contributed by atoms with Crippen LogP contribution in [0.5, 0.6) is 0 Å². The molecule has 0 aromatic heterocycles. The first-order valence-corrected chi connectivity index (χ1v) is 5.99. The predicted molar refractivity (Wildman–Crippen MR) is 68.1 cm³/mol. The topological polar surface area (TPSA) is 0 Å². The summed E-state index contributed by atoms with van der Waals surface area (Å²) in [5.41, 5.74) is 1.18. The zero-order chi connectivity index (χ0) is 12.0. The van der Waals surface area contributed by atoms with E-state index in [1.54, 1.807) is 12.1 Å². The van der Waals surface area contributed by atoms with Gasteiger partial charge in [-0.15, -0.1) is 6.58 Å². The zero-order valence-electron chi connectivity index (χ0n) is 10.3. The molecule has 0 fully saturated rings. The molecule has 0 radical (unpaired) electrons. The van der Waals surface area contributed by atoms with E-state index >= 15 is 0 Å². The zero-order valence-corrected chi connectivity index (χ0v) is 10.3. The highest BCUT2D eigenvalue weighted by atomic mass is 19.1. The quantitative estimate of drug-likeness (QED) is 0.601. The lowest BCUT2D eigenvalue weighted by Crippen LogP contribution is -2.21. The molecule has 1 aromatic carbocycles. The molecule has 1 heteroatoms. The molecule has 1 aromatic rings. The minimum absolute atomic E-state index is 0.0744. The van der Waals surface area contributed by atoms with E-state index in [1.807, 2.05) is 12.1 Å². The number of halogens is 1. The number of hydrogen-bond donors (Lipinski definition) is 0. The van der Waals surface area contributed by atoms with Crippen LogP contribution in [0.25, 0.3) is 0 Å². The molecule has 0 aliphatic rings. The second kappa shape index (κ2) is 5.83. The van der Waals surface area contributed by atoms with Gasteiger partial charge in [-0.25, -0.2) is 4.39 Å². The monoisotopic (exact) mass is 220 g/mol. The minimum Gasteiger partial charge on any atom is -0.207 e. The molecule has 0 saturated carbocycles. The van der Waals surface area contributed by atoms with Crippen LogP contribution in [0.2, 0.25) is 0 Å². The van der Waals surface area contributed by atoms with E-state index in [1.165, 1.54) is 6.07 Å². The third-order valence-electron chi connectivity index (χ3n) is 3.22. The van der Waals surface area contributed by atoms with Gasteiger partial charge in [-0.2, -0.15) is 0 Å². The fourth-order valence-electron chi connectivity index (χ4n) is 2.25. The van der Waals surface area contributed by atoms with Gasteiger partial charge >= 0.3 is 0 Å². The maximum absolute atomic E-state index is 13.2. The Balaban J connectivity index is 2.95. The van der Waals surface area contributed by atoms with Crippen molar-refractivity contribution in [2.45, 2.75) is 44.9 Å². The van der Waals surface area contributed by atoms with Gasteiger partial charge in [0.2, 0.25) is 0 Å². The Labute approximate surface area is 98.2 Å². The first-order valence-electron chi connectivity index (χ1n) is 5.99. The van der Waals surface area contributed by atoms with Crippen LogP contribution < -0.4 is 0 Å². The summed E-state index contributed by atoms with van der Waals surface area (Å²) in [5, 5.41) is 0. The lowest BCUT2D eigenvalue weighted by atomic mass is 9.75. The molecule has 0 amide bonds. The van der Waals surface area contributed by atoms with Gasteiger partial charge in [0.25, 0.3) is 0 Å². The van der Waals surface area contributed by atoms with Crippen LogP contribution >= 0.6 is 0 Å². The molecule has 0 heterocycles. The van der Waals surface area contributed by atoms with Crippen molar-refractivity contribution in [3.8, 4) is 0 Å². The van der Waals surface area contributed by atoms with E-state index in [4.69, 9.17) is 0 Å². The van der Waals surface area contributed by atoms with Crippen LogP contribution in [0.1, 0.15) is 45.1 Å². The minimum atomic E-state index is -0.140. The normalized spacial score (nSPS) is 14.4. The summed E-state index contributed by atoms with van der Waals surface area (Å²) in [6, 6.07) is 7.00. The maximum atomic E-state index is 13.2. The largest absolute Gasteiger partial charge is 0.207 e. The summed E-state index contributed by atoms with van der Waals surface area (Å²) in [7, 11) is 0. The molecule has 0 spiro atoms. The Morgan fingerprint density at radius 1 is 1.38 bits per heavy atom. The molecule has 1 atom stereocenters. The van der Waals surface area contributed by atoms with Crippen molar-refractivity contribution < 1.29 is 4.39 Å². The Morgan fingerprint density at radius 2 is 2.12 bits per heavy atom. The molecule has 1 unspecified atom stereocenters. The molecule has 0 N–H and O–H groups in total. The van der Waals surface area contributed by atoms with Crippen LogP contribution in [0.15, 0.2) is 36.9 Å². The predicted octanol–water partition coefficient (Wildman–Crippen LogP) is 4.85. The number of hydrogen-bond acceptors (Lipinski definition) is 0. The molecule has 1 rings (SSSR count). The lowest BCUT2D eigenvalue weighted by Gasteiger charge is -2.29. The standard InChI is InChI=1S/C15H21F/c1-4-6-11-15(3,10-5-2)13-8-7-9-14(16)12-13/h4,7-9,12H,1,5-6,10-11H2,2-3H3. The van der Waals surface area contributed by atoms with Crippen LogP contribution in [0.4, 0.5) is 4.39 Å². The Kier molecular flexibility index (Phi) is 4.72. The summed E-state index contributed by atoms with van der Waals surface area (Å²) in [4.78, 5) is 0. The molecule has 0 aliphatic heterocycles. The van der Waals surface area contributed by atoms with Gasteiger partial charge < -0.3 is 0 Å². The highest BCUT2D eigenvalue weighted by Gasteiger charge is 2.24. The van der Waals surface area contributed by atoms with E-state index in [-0.39, 0.29) is 11.2 Å². The first-order chi connectivity index (χ1) is 7.62. The highest BCUT2D eigenvalue weighted by molar-refractivity contribution is 5.25. The van der Waals surface area contributed by atoms with E-state index in [2.05, 4.69) is 20.4 Å². The van der Waals surface area contributed by atoms with Crippen molar-refractivity contribution in [3.63, 3.8) is 0 Å². The van der Waals surface area contributed by atoms with Gasteiger partial charge in [0.1, 0.15) is 5.82 Å². The van der Waals surface area contributed by atoms with Crippen molar-refractivity contribution in [2.24, 2.45) is 0 Å². The van der Waals surface area contributed by atoms with Crippen molar-refractivity contribution in [2.75, 3.05) is 0 Å². The second-order valence-corrected chi connectivity index (χ2v) is 4.65. The van der Waals surface area contributed by atoms with Crippen LogP contribution in [-0.4, -0.2) is 0 Å². The molecule has 0 saturated heterocycles. The van der Waals surface area contributed by atoms with Crippen molar-refractivity contribution in [1.82, 2.24) is 0 Å². The third kappa shape index (κ3) is 3.19. The fraction of sp³-hybridized carbons (Fsp3) is 0.467. The first kappa shape index (κ1) is 13.0.